The van der Waals surface area contributed by atoms with Gasteiger partial charge in [-0.15, -0.1) is 90.7 Å². The van der Waals surface area contributed by atoms with Crippen molar-refractivity contribution in [3.8, 4) is 79.5 Å². The predicted molar refractivity (Wildman–Crippen MR) is 430 cm³/mol. The molecule has 0 bridgehead atoms. The molecule has 97 heavy (non-hydrogen) atoms. The van der Waals surface area contributed by atoms with E-state index in [1.807, 2.05) is 117 Å². The van der Waals surface area contributed by atoms with Crippen LogP contribution in [0, 0.1) is 27.7 Å². The fraction of sp³-hybridized carbons (Fsp3) is 0.200. The molecule has 8 aromatic heterocycles. The summed E-state index contributed by atoms with van der Waals surface area (Å²) in [5.41, 5.74) is 14.0. The third-order valence-electron chi connectivity index (χ3n) is 18.4. The zero-order valence-electron chi connectivity index (χ0n) is 55.2. The Morgan fingerprint density at radius 1 is 0.412 bits per heavy atom. The fourth-order valence-electron chi connectivity index (χ4n) is 13.4. The molecule has 7 aromatic carbocycles. The van der Waals surface area contributed by atoms with Crippen LogP contribution in [-0.2, 0) is 4.89 Å². The number of fused-ring (bicyclic) bond motifs is 8. The Morgan fingerprint density at radius 3 is 1.38 bits per heavy atom. The Bertz CT molecular complexity index is 5480. The lowest BCUT2D eigenvalue weighted by molar-refractivity contribution is -0.195. The highest BCUT2D eigenvalue weighted by Crippen LogP contribution is 2.59. The Kier molecular flexibility index (Phi) is 19.0. The van der Waals surface area contributed by atoms with Crippen LogP contribution >= 0.6 is 90.7 Å². The first kappa shape index (κ1) is 65.2. The van der Waals surface area contributed by atoms with Gasteiger partial charge >= 0.3 is 0 Å². The second-order valence-electron chi connectivity index (χ2n) is 25.3. The Morgan fingerprint density at radius 2 is 0.866 bits per heavy atom. The van der Waals surface area contributed by atoms with Crippen LogP contribution in [0.25, 0.3) is 146 Å². The van der Waals surface area contributed by atoms with E-state index in [-0.39, 0.29) is 11.6 Å². The normalized spacial score (nSPS) is 12.0. The summed E-state index contributed by atoms with van der Waals surface area (Å²) < 4.78 is 7.43. The molecule has 0 radical (unpaired) electrons. The van der Waals surface area contributed by atoms with Crippen LogP contribution in [0.4, 0.5) is 0 Å². The van der Waals surface area contributed by atoms with Crippen molar-refractivity contribution in [3.05, 3.63) is 218 Å². The molecule has 0 N–H and O–H groups in total. The maximum absolute atomic E-state index is 14.6. The number of carbonyl (C=O) groups excluding carboxylic acids is 2. The number of Topliss-reactive ketones (excluding diaryl/α,β-unsaturated/α-hetero) is 2. The van der Waals surface area contributed by atoms with Crippen molar-refractivity contribution in [2.45, 2.75) is 106 Å². The van der Waals surface area contributed by atoms with E-state index in [0.29, 0.717) is 25.2 Å². The number of rotatable bonds is 25. The molecular weight excluding hydrogens is 1340 g/mol. The summed E-state index contributed by atoms with van der Waals surface area (Å²) in [7, 11) is 0. The van der Waals surface area contributed by atoms with Crippen LogP contribution in [0.1, 0.15) is 129 Å². The van der Waals surface area contributed by atoms with Crippen LogP contribution in [0.2, 0.25) is 0 Å². The minimum absolute atomic E-state index is 0.227. The third-order valence-corrected chi connectivity index (χ3v) is 28.7. The summed E-state index contributed by atoms with van der Waals surface area (Å²) >= 11 is 14.6. The smallest absolute Gasteiger partial charge is 0.172 e. The lowest BCUT2D eigenvalue weighted by Crippen LogP contribution is -1.97. The van der Waals surface area contributed by atoms with Crippen LogP contribution in [0.15, 0.2) is 176 Å². The van der Waals surface area contributed by atoms with Crippen LogP contribution in [0.5, 0.6) is 5.75 Å². The molecule has 0 aliphatic rings. The minimum atomic E-state index is 0.227. The molecular formula is C85H72O4S8. The van der Waals surface area contributed by atoms with Crippen molar-refractivity contribution in [3.63, 3.8) is 0 Å². The molecule has 0 fully saturated rings. The van der Waals surface area contributed by atoms with Gasteiger partial charge in [0.25, 0.3) is 0 Å². The minimum Gasteiger partial charge on any atom is -0.337 e. The molecule has 8 heterocycles. The zero-order valence-corrected chi connectivity index (χ0v) is 61.7. The molecule has 15 aromatic rings. The Balaban J connectivity index is 0.915. The average Bonchev–Trinajstić information content (AvgIpc) is 1.60. The third kappa shape index (κ3) is 12.8. The van der Waals surface area contributed by atoms with Gasteiger partial charge < -0.3 is 4.89 Å². The SMILES string of the molecule is C=Cc1ccc(-c2c(-c3ccc(OOC/C=C/c4ccccc4)cc3)c3cc(C)sc3c3sc(-c4sc(-c5cc6c(-c7ccc(C)cc7)c(-c7ccc(C)cc7)c7cc(-c8sc(C)c9cc(C(=O)CCCCCC)sc89)sc7c6s5)c5cc(C(=O)CCCCCC)sc45)cc23)cc1. The number of benzene rings is 7. The van der Waals surface area contributed by atoms with Crippen molar-refractivity contribution in [1.29, 1.82) is 0 Å². The monoisotopic (exact) mass is 1410 g/mol. The Labute approximate surface area is 599 Å². The summed E-state index contributed by atoms with van der Waals surface area (Å²) in [5, 5.41) is 7.23. The number of thiophene rings is 8. The van der Waals surface area contributed by atoms with Gasteiger partial charge in [0.2, 0.25) is 0 Å². The number of aryl methyl sites for hydroxylation is 4. The van der Waals surface area contributed by atoms with Crippen LogP contribution < -0.4 is 4.89 Å². The van der Waals surface area contributed by atoms with Crippen molar-refractivity contribution in [1.82, 2.24) is 0 Å². The Hall–Kier alpha value is -7.72. The van der Waals surface area contributed by atoms with Crippen LogP contribution in [-0.4, -0.2) is 18.2 Å². The van der Waals surface area contributed by atoms with E-state index in [0.717, 1.165) is 88.8 Å². The second-order valence-corrected chi connectivity index (χ2v) is 34.1. The summed E-state index contributed by atoms with van der Waals surface area (Å²) in [4.78, 5) is 51.5. The number of ketones is 2. The van der Waals surface area contributed by atoms with E-state index in [1.54, 1.807) is 22.7 Å². The summed E-state index contributed by atoms with van der Waals surface area (Å²) in [6, 6.07) is 59.8. The predicted octanol–water partition coefficient (Wildman–Crippen LogP) is 29.0. The maximum Gasteiger partial charge on any atom is 0.172 e. The summed E-state index contributed by atoms with van der Waals surface area (Å²) in [6.45, 7) is 17.6. The standard InChI is InChI=1S/C85H72O4S8/c1-8-11-13-18-24-66(86)68-44-60-52(7)91-84(78(60)92-68)71-46-64-75(56-34-28-50(5)29-35-56)74(55-32-26-49(4)27-33-55)62-45-70(94-81(62)82(64)95-71)77-65-48-69(67(87)25-19-14-12-9-2)93-83(65)85(97-77)72-47-63-76(57-36-30-53(10-3)31-37-57)73(61-43-51(6)90-79(61)80(63)96-72)58-38-40-59(41-39-58)89-88-42-20-23-54-21-16-15-17-22-54/h10,15-17,20-23,26-41,43-48H,3,8-9,11-14,18-19,24-25,42H2,1-2,4-7H3/b23-20+. The van der Waals surface area contributed by atoms with Gasteiger partial charge in [-0.05, 0) is 145 Å². The van der Waals surface area contributed by atoms with E-state index >= 15 is 0 Å². The van der Waals surface area contributed by atoms with Gasteiger partial charge in [-0.1, -0.05) is 204 Å². The van der Waals surface area contributed by atoms with Gasteiger partial charge in [0.15, 0.2) is 17.3 Å². The van der Waals surface area contributed by atoms with E-state index in [9.17, 15) is 9.59 Å². The fourth-order valence-corrected chi connectivity index (χ4v) is 23.8. The molecule has 484 valence electrons. The van der Waals surface area contributed by atoms with E-state index in [2.05, 4.69) is 182 Å². The van der Waals surface area contributed by atoms with Crippen molar-refractivity contribution < 1.29 is 19.4 Å². The van der Waals surface area contributed by atoms with Gasteiger partial charge in [0.05, 0.1) is 52.6 Å². The number of hydrogen-bond acceptors (Lipinski definition) is 12. The molecule has 0 atom stereocenters. The van der Waals surface area contributed by atoms with Gasteiger partial charge in [0.1, 0.15) is 6.61 Å². The van der Waals surface area contributed by atoms with Crippen molar-refractivity contribution >= 4 is 175 Å². The molecule has 0 saturated heterocycles. The quantitative estimate of drug-likeness (QED) is 0.0248. The number of unbranched alkanes of at least 4 members (excludes halogenated alkanes) is 6. The second kappa shape index (κ2) is 28.3. The first-order valence-electron chi connectivity index (χ1n) is 33.6. The average molecular weight is 1410 g/mol. The lowest BCUT2D eigenvalue weighted by atomic mass is 9.88. The topological polar surface area (TPSA) is 52.6 Å². The van der Waals surface area contributed by atoms with Gasteiger partial charge in [-0.3, -0.25) is 9.59 Å². The number of hydrogen-bond donors (Lipinski definition) is 0. The van der Waals surface area contributed by atoms with E-state index < -0.39 is 0 Å². The van der Waals surface area contributed by atoms with E-state index in [4.69, 9.17) is 9.78 Å². The molecule has 0 unspecified atom stereocenters. The molecule has 0 spiro atoms. The highest BCUT2D eigenvalue weighted by molar-refractivity contribution is 7.37. The lowest BCUT2D eigenvalue weighted by Gasteiger charge is -2.15. The number of carbonyl (C=O) groups is 2. The van der Waals surface area contributed by atoms with Gasteiger partial charge in [-0.2, -0.15) is 4.89 Å². The van der Waals surface area contributed by atoms with Crippen LogP contribution in [0.3, 0.4) is 0 Å². The largest absolute Gasteiger partial charge is 0.337 e. The highest BCUT2D eigenvalue weighted by Gasteiger charge is 2.30. The van der Waals surface area contributed by atoms with Gasteiger partial charge in [0, 0.05) is 69.5 Å². The highest BCUT2D eigenvalue weighted by atomic mass is 32.1. The molecule has 12 heteroatoms. The van der Waals surface area contributed by atoms with Crippen molar-refractivity contribution in [2.24, 2.45) is 0 Å². The maximum atomic E-state index is 14.6. The molecule has 0 aliphatic heterocycles. The first-order chi connectivity index (χ1) is 47.4. The summed E-state index contributed by atoms with van der Waals surface area (Å²) in [5.74, 6) is 1.12. The molecule has 0 amide bonds. The molecule has 15 rings (SSSR count). The zero-order chi connectivity index (χ0) is 66.4. The summed E-state index contributed by atoms with van der Waals surface area (Å²) in [6.07, 6.45) is 15.6. The molecule has 4 nitrogen and oxygen atoms in total. The van der Waals surface area contributed by atoms with E-state index in [1.165, 1.54) is 139 Å². The first-order valence-corrected chi connectivity index (χ1v) is 40.1. The molecule has 0 saturated carbocycles. The molecule has 0 aliphatic carbocycles. The van der Waals surface area contributed by atoms with Gasteiger partial charge in [-0.25, -0.2) is 0 Å². The van der Waals surface area contributed by atoms with Crippen molar-refractivity contribution in [2.75, 3.05) is 6.61 Å².